The van der Waals surface area contributed by atoms with Crippen LogP contribution in [-0.2, 0) is 22.4 Å². The Kier molecular flexibility index (Phi) is 10.0. The maximum atomic E-state index is 12.6. The quantitative estimate of drug-likeness (QED) is 0.270. The lowest BCUT2D eigenvalue weighted by molar-refractivity contribution is -0.874. The van der Waals surface area contributed by atoms with E-state index in [1.165, 1.54) is 16.7 Å². The van der Waals surface area contributed by atoms with Gasteiger partial charge >= 0.3 is 12.3 Å². The third-order valence-electron chi connectivity index (χ3n) is 7.26. The van der Waals surface area contributed by atoms with Crippen LogP contribution >= 0.6 is 0 Å². The minimum Gasteiger partial charge on any atom is -0.380 e. The van der Waals surface area contributed by atoms with E-state index in [1.807, 2.05) is 32.0 Å². The molecule has 8 heteroatoms. The van der Waals surface area contributed by atoms with E-state index < -0.39 is 0 Å². The van der Waals surface area contributed by atoms with E-state index in [1.54, 1.807) is 13.4 Å². The van der Waals surface area contributed by atoms with Crippen LogP contribution in [0, 0.1) is 13.8 Å². The van der Waals surface area contributed by atoms with Crippen molar-refractivity contribution >= 4 is 22.7 Å². The molecule has 0 amide bonds. The van der Waals surface area contributed by atoms with Crippen molar-refractivity contribution in [3.05, 3.63) is 59.2 Å². The van der Waals surface area contributed by atoms with Gasteiger partial charge in [-0.05, 0) is 105 Å². The molecule has 0 saturated heterocycles. The lowest BCUT2D eigenvalue weighted by atomic mass is 10.1. The minimum absolute atomic E-state index is 0.140. The summed E-state index contributed by atoms with van der Waals surface area (Å²) in [6.07, 6.45) is 8.23. The molecule has 0 bridgehead atoms. The Labute approximate surface area is 226 Å². The molecule has 0 saturated carbocycles. The predicted octanol–water partition coefficient (Wildman–Crippen LogP) is 3.99. The molecule has 1 aliphatic rings. The molecule has 3 heterocycles. The number of nitrogens with one attached hydrogen (secondary N) is 1. The van der Waals surface area contributed by atoms with Gasteiger partial charge in [0.15, 0.2) is 11.2 Å². The molecule has 0 fully saturated rings. The second kappa shape index (κ2) is 13.6. The molecule has 2 aromatic heterocycles. The molecule has 1 aromatic carbocycles. The fraction of sp³-hybridized carbons (Fsp3) is 0.533. The highest BCUT2D eigenvalue weighted by Crippen LogP contribution is 2.20. The van der Waals surface area contributed by atoms with E-state index in [9.17, 15) is 4.79 Å². The summed E-state index contributed by atoms with van der Waals surface area (Å²) in [6.45, 7) is 9.71. The summed E-state index contributed by atoms with van der Waals surface area (Å²) in [5.74, 6) is 0.817. The van der Waals surface area contributed by atoms with Gasteiger partial charge in [0.25, 0.3) is 0 Å². The summed E-state index contributed by atoms with van der Waals surface area (Å²) in [5.41, 5.74) is 5.40. The zero-order valence-electron chi connectivity index (χ0n) is 23.3. The van der Waals surface area contributed by atoms with Crippen LogP contribution in [-0.4, -0.2) is 60.2 Å². The third-order valence-corrected chi connectivity index (χ3v) is 7.26. The van der Waals surface area contributed by atoms with Gasteiger partial charge < -0.3 is 15.0 Å². The number of pyridine rings is 1. The van der Waals surface area contributed by atoms with Crippen LogP contribution in [0.25, 0.3) is 10.9 Å². The van der Waals surface area contributed by atoms with Gasteiger partial charge in [0.05, 0.1) is 17.9 Å². The van der Waals surface area contributed by atoms with Crippen molar-refractivity contribution in [2.45, 2.75) is 71.8 Å². The summed E-state index contributed by atoms with van der Waals surface area (Å²) >= 11 is 0. The standard InChI is InChI=1S/C30H42N5O3/c1-22-12-15-27-24(3)35(21-32-28(27)19-22)38-29(36)11-8-18-34(20-23(2)37-4)17-6-5-10-26-14-13-25-9-7-16-31-30(25)33-26/h12-15,19,21,23H,5-11,16-18,20H2,1-4H3,(H,31,33)/q+1/t23-/m1/s1. The SMILES string of the molecule is CO[C@H](C)CN(CCCCc1ccc2c(n1)NCCC2)CCCC(=O)O[n+]1cnc2cc(C)ccc2c1C. The van der Waals surface area contributed by atoms with Gasteiger partial charge in [-0.1, -0.05) is 12.1 Å². The number of hydrogen-bond acceptors (Lipinski definition) is 7. The van der Waals surface area contributed by atoms with Gasteiger partial charge in [-0.15, -0.1) is 0 Å². The first-order valence-corrected chi connectivity index (χ1v) is 13.9. The first-order valence-electron chi connectivity index (χ1n) is 13.9. The number of ether oxygens (including phenoxy) is 1. The Balaban J connectivity index is 1.23. The monoisotopic (exact) mass is 520 g/mol. The van der Waals surface area contributed by atoms with E-state index in [4.69, 9.17) is 14.6 Å². The first kappa shape index (κ1) is 27.9. The number of carbonyl (C=O) groups is 1. The van der Waals surface area contributed by atoms with Crippen LogP contribution in [0.5, 0.6) is 0 Å². The van der Waals surface area contributed by atoms with Crippen LogP contribution in [0.4, 0.5) is 5.82 Å². The highest BCUT2D eigenvalue weighted by molar-refractivity contribution is 5.80. The predicted molar refractivity (Wildman–Crippen MR) is 149 cm³/mol. The second-order valence-corrected chi connectivity index (χ2v) is 10.4. The highest BCUT2D eigenvalue weighted by atomic mass is 16.7. The number of unbranched alkanes of at least 4 members (excludes halogenated alkanes) is 1. The molecule has 38 heavy (non-hydrogen) atoms. The average molecular weight is 521 g/mol. The number of fused-ring (bicyclic) bond motifs is 2. The number of nitrogens with zero attached hydrogens (tertiary/aromatic N) is 4. The maximum absolute atomic E-state index is 12.6. The van der Waals surface area contributed by atoms with Gasteiger partial charge in [-0.25, -0.2) is 9.78 Å². The Morgan fingerprint density at radius 3 is 2.84 bits per heavy atom. The molecule has 0 unspecified atom stereocenters. The third kappa shape index (κ3) is 7.71. The molecule has 8 nitrogen and oxygen atoms in total. The van der Waals surface area contributed by atoms with E-state index >= 15 is 0 Å². The minimum atomic E-state index is -0.252. The van der Waals surface area contributed by atoms with Crippen molar-refractivity contribution in [3.8, 4) is 0 Å². The molecule has 1 N–H and O–H groups in total. The summed E-state index contributed by atoms with van der Waals surface area (Å²) in [5, 5.41) is 4.40. The van der Waals surface area contributed by atoms with Gasteiger partial charge in [-0.2, -0.15) is 0 Å². The number of methoxy groups -OCH3 is 1. The van der Waals surface area contributed by atoms with Crippen LogP contribution in [0.3, 0.4) is 0 Å². The van der Waals surface area contributed by atoms with Crippen LogP contribution < -0.4 is 14.9 Å². The Hall–Kier alpha value is -3.10. The molecular formula is C30H42N5O3+. The largest absolute Gasteiger partial charge is 0.380 e. The van der Waals surface area contributed by atoms with Crippen molar-refractivity contribution in [3.63, 3.8) is 0 Å². The summed E-state index contributed by atoms with van der Waals surface area (Å²) in [4.78, 5) is 29.9. The van der Waals surface area contributed by atoms with Crippen molar-refractivity contribution in [2.24, 2.45) is 0 Å². The van der Waals surface area contributed by atoms with Crippen molar-refractivity contribution in [1.82, 2.24) is 14.9 Å². The number of rotatable bonds is 13. The van der Waals surface area contributed by atoms with Gasteiger partial charge in [-0.3, -0.25) is 4.84 Å². The number of benzene rings is 1. The number of anilines is 1. The fourth-order valence-corrected chi connectivity index (χ4v) is 4.95. The molecule has 3 aromatic rings. The molecule has 0 radical (unpaired) electrons. The fourth-order valence-electron chi connectivity index (χ4n) is 4.95. The Morgan fingerprint density at radius 1 is 1.16 bits per heavy atom. The van der Waals surface area contributed by atoms with E-state index in [-0.39, 0.29) is 12.1 Å². The summed E-state index contributed by atoms with van der Waals surface area (Å²) in [7, 11) is 1.74. The molecule has 1 atom stereocenters. The lowest BCUT2D eigenvalue weighted by Gasteiger charge is -2.25. The normalized spacial score (nSPS) is 13.8. The smallest absolute Gasteiger partial charge is 0.358 e. The van der Waals surface area contributed by atoms with Crippen LogP contribution in [0.1, 0.15) is 61.5 Å². The number of carbonyl (C=O) groups excluding carboxylic acids is 1. The molecular weight excluding hydrogens is 478 g/mol. The van der Waals surface area contributed by atoms with E-state index in [0.29, 0.717) is 6.42 Å². The van der Waals surface area contributed by atoms with Crippen molar-refractivity contribution in [1.29, 1.82) is 0 Å². The Bertz CT molecular complexity index is 1230. The molecule has 1 aliphatic heterocycles. The lowest BCUT2D eigenvalue weighted by Crippen LogP contribution is -2.48. The topological polar surface area (TPSA) is 80.5 Å². The highest BCUT2D eigenvalue weighted by Gasteiger charge is 2.17. The number of aryl methyl sites for hydroxylation is 4. The Morgan fingerprint density at radius 2 is 2.00 bits per heavy atom. The summed E-state index contributed by atoms with van der Waals surface area (Å²) in [6, 6.07) is 10.5. The molecule has 0 spiro atoms. The first-order chi connectivity index (χ1) is 18.4. The van der Waals surface area contributed by atoms with E-state index in [2.05, 4.69) is 34.3 Å². The van der Waals surface area contributed by atoms with Crippen LogP contribution in [0.2, 0.25) is 0 Å². The summed E-state index contributed by atoms with van der Waals surface area (Å²) < 4.78 is 6.99. The zero-order valence-corrected chi connectivity index (χ0v) is 23.3. The van der Waals surface area contributed by atoms with Gasteiger partial charge in [0.2, 0.25) is 0 Å². The molecule has 4 rings (SSSR count). The zero-order chi connectivity index (χ0) is 26.9. The van der Waals surface area contributed by atoms with Crippen molar-refractivity contribution in [2.75, 3.05) is 38.6 Å². The average Bonchev–Trinajstić information content (AvgIpc) is 2.92. The number of aromatic nitrogens is 3. The molecule has 0 aliphatic carbocycles. The second-order valence-electron chi connectivity index (χ2n) is 10.4. The van der Waals surface area contributed by atoms with Crippen LogP contribution in [0.15, 0.2) is 36.7 Å². The van der Waals surface area contributed by atoms with Crippen molar-refractivity contribution < 1.29 is 19.1 Å². The van der Waals surface area contributed by atoms with Gasteiger partial charge in [0.1, 0.15) is 5.82 Å². The maximum Gasteiger partial charge on any atom is 0.358 e. The van der Waals surface area contributed by atoms with Gasteiger partial charge in [0, 0.05) is 32.8 Å². The molecule has 204 valence electrons. The van der Waals surface area contributed by atoms with E-state index in [0.717, 1.165) is 92.0 Å². The number of hydrogen-bond donors (Lipinski definition) is 1.